The summed E-state index contributed by atoms with van der Waals surface area (Å²) in [6.45, 7) is 8.47. The van der Waals surface area contributed by atoms with Gasteiger partial charge in [-0.1, -0.05) is 13.8 Å². The summed E-state index contributed by atoms with van der Waals surface area (Å²) < 4.78 is 13.7. The Kier molecular flexibility index (Phi) is 5.17. The topological polar surface area (TPSA) is 49.6 Å². The average molecular weight is 293 g/mol. The summed E-state index contributed by atoms with van der Waals surface area (Å²) in [7, 11) is 0. The molecular weight excluding hydrogens is 269 g/mol. The van der Waals surface area contributed by atoms with Crippen LogP contribution >= 0.6 is 0 Å². The molecule has 5 heteroatoms. The van der Waals surface area contributed by atoms with Crippen LogP contribution in [0.4, 0.5) is 10.1 Å². The summed E-state index contributed by atoms with van der Waals surface area (Å²) in [5, 5.41) is 0. The van der Waals surface area contributed by atoms with Crippen LogP contribution in [-0.4, -0.2) is 48.4 Å². The number of hydrogen-bond donors (Lipinski definition) is 1. The van der Waals surface area contributed by atoms with Gasteiger partial charge in [-0.25, -0.2) is 4.39 Å². The maximum Gasteiger partial charge on any atom is 0.256 e. The number of anilines is 1. The Labute approximate surface area is 125 Å². The highest BCUT2D eigenvalue weighted by atomic mass is 19.1. The molecule has 1 aromatic rings. The number of nitrogens with two attached hydrogens (primary N) is 1. The fourth-order valence-electron chi connectivity index (χ4n) is 2.49. The molecule has 1 aromatic carbocycles. The van der Waals surface area contributed by atoms with E-state index in [2.05, 4.69) is 18.7 Å². The van der Waals surface area contributed by atoms with Crippen molar-refractivity contribution in [1.29, 1.82) is 0 Å². The van der Waals surface area contributed by atoms with E-state index in [0.717, 1.165) is 26.1 Å². The van der Waals surface area contributed by atoms with Crippen molar-refractivity contribution in [3.63, 3.8) is 0 Å². The summed E-state index contributed by atoms with van der Waals surface area (Å²) >= 11 is 0. The summed E-state index contributed by atoms with van der Waals surface area (Å²) in [6.07, 6.45) is 1.16. The van der Waals surface area contributed by atoms with Gasteiger partial charge in [-0.2, -0.15) is 0 Å². The molecule has 2 N–H and O–H groups in total. The third kappa shape index (κ3) is 4.17. The number of rotatable bonds is 4. The lowest BCUT2D eigenvalue weighted by Crippen LogP contribution is -2.49. The molecule has 0 radical (unpaired) electrons. The first-order chi connectivity index (χ1) is 9.97. The van der Waals surface area contributed by atoms with Gasteiger partial charge in [0.2, 0.25) is 0 Å². The van der Waals surface area contributed by atoms with Crippen LogP contribution in [0.1, 0.15) is 30.6 Å². The molecule has 1 saturated heterocycles. The Morgan fingerprint density at radius 2 is 1.95 bits per heavy atom. The van der Waals surface area contributed by atoms with Crippen molar-refractivity contribution in [2.24, 2.45) is 5.92 Å². The molecule has 1 aliphatic heterocycles. The van der Waals surface area contributed by atoms with Crippen LogP contribution < -0.4 is 5.73 Å². The molecule has 0 atom stereocenters. The second-order valence-electron chi connectivity index (χ2n) is 6.06. The lowest BCUT2D eigenvalue weighted by molar-refractivity contribution is 0.0627. The average Bonchev–Trinajstić information content (AvgIpc) is 2.47. The summed E-state index contributed by atoms with van der Waals surface area (Å²) in [4.78, 5) is 16.4. The van der Waals surface area contributed by atoms with E-state index < -0.39 is 5.82 Å². The molecule has 0 saturated carbocycles. The number of piperazine rings is 1. The van der Waals surface area contributed by atoms with Crippen LogP contribution in [-0.2, 0) is 0 Å². The van der Waals surface area contributed by atoms with Crippen molar-refractivity contribution in [3.05, 3.63) is 29.6 Å². The second-order valence-corrected chi connectivity index (χ2v) is 6.06. The van der Waals surface area contributed by atoms with Gasteiger partial charge in [-0.3, -0.25) is 9.69 Å². The number of benzene rings is 1. The molecule has 0 unspecified atom stereocenters. The Balaban J connectivity index is 1.92. The number of hydrogen-bond acceptors (Lipinski definition) is 3. The van der Waals surface area contributed by atoms with Crippen LogP contribution in [0.25, 0.3) is 0 Å². The van der Waals surface area contributed by atoms with E-state index in [1.165, 1.54) is 18.2 Å². The minimum atomic E-state index is -0.503. The van der Waals surface area contributed by atoms with E-state index in [4.69, 9.17) is 5.73 Å². The maximum absolute atomic E-state index is 13.7. The third-order valence-corrected chi connectivity index (χ3v) is 3.90. The van der Waals surface area contributed by atoms with E-state index in [-0.39, 0.29) is 11.5 Å². The fourth-order valence-corrected chi connectivity index (χ4v) is 2.49. The molecule has 0 spiro atoms. The zero-order valence-electron chi connectivity index (χ0n) is 12.8. The highest BCUT2D eigenvalue weighted by molar-refractivity contribution is 5.95. The Morgan fingerprint density at radius 3 is 2.57 bits per heavy atom. The predicted molar refractivity (Wildman–Crippen MR) is 82.6 cm³/mol. The fraction of sp³-hybridized carbons (Fsp3) is 0.562. The van der Waals surface area contributed by atoms with Gasteiger partial charge in [0.05, 0.1) is 5.56 Å². The lowest BCUT2D eigenvalue weighted by atomic mass is 10.1. The van der Waals surface area contributed by atoms with Crippen LogP contribution in [0, 0.1) is 11.7 Å². The van der Waals surface area contributed by atoms with E-state index >= 15 is 0 Å². The molecule has 1 aliphatic rings. The molecule has 4 nitrogen and oxygen atoms in total. The SMILES string of the molecule is CC(C)CCN1CCN(C(=O)c2cc(N)ccc2F)CC1. The molecule has 0 bridgehead atoms. The van der Waals surface area contributed by atoms with Crippen molar-refractivity contribution in [3.8, 4) is 0 Å². The van der Waals surface area contributed by atoms with Crippen LogP contribution in [0.15, 0.2) is 18.2 Å². The molecular formula is C16H24FN3O. The van der Waals surface area contributed by atoms with Gasteiger partial charge in [0, 0.05) is 31.9 Å². The molecule has 1 heterocycles. The molecule has 1 amide bonds. The van der Waals surface area contributed by atoms with Gasteiger partial charge in [0.15, 0.2) is 0 Å². The zero-order valence-corrected chi connectivity index (χ0v) is 12.8. The minimum Gasteiger partial charge on any atom is -0.399 e. The van der Waals surface area contributed by atoms with Gasteiger partial charge in [-0.05, 0) is 37.1 Å². The first-order valence-corrected chi connectivity index (χ1v) is 7.54. The molecule has 2 rings (SSSR count). The Bertz CT molecular complexity index is 496. The first kappa shape index (κ1) is 15.8. The second kappa shape index (κ2) is 6.89. The normalized spacial score (nSPS) is 16.5. The Hall–Kier alpha value is -1.62. The predicted octanol–water partition coefficient (Wildman–Crippen LogP) is 2.21. The zero-order chi connectivity index (χ0) is 15.4. The van der Waals surface area contributed by atoms with Crippen molar-refractivity contribution >= 4 is 11.6 Å². The Morgan fingerprint density at radius 1 is 1.29 bits per heavy atom. The first-order valence-electron chi connectivity index (χ1n) is 7.54. The molecule has 1 fully saturated rings. The van der Waals surface area contributed by atoms with E-state index in [1.807, 2.05) is 0 Å². The van der Waals surface area contributed by atoms with Gasteiger partial charge in [0.1, 0.15) is 5.82 Å². The minimum absolute atomic E-state index is 0.0747. The molecule has 21 heavy (non-hydrogen) atoms. The smallest absolute Gasteiger partial charge is 0.256 e. The van der Waals surface area contributed by atoms with Crippen molar-refractivity contribution in [2.45, 2.75) is 20.3 Å². The van der Waals surface area contributed by atoms with E-state index in [9.17, 15) is 9.18 Å². The number of carbonyl (C=O) groups excluding carboxylic acids is 1. The van der Waals surface area contributed by atoms with Gasteiger partial charge in [0.25, 0.3) is 5.91 Å². The highest BCUT2D eigenvalue weighted by Crippen LogP contribution is 2.16. The summed E-state index contributed by atoms with van der Waals surface area (Å²) in [5.74, 6) is -0.0780. The molecule has 116 valence electrons. The monoisotopic (exact) mass is 293 g/mol. The van der Waals surface area contributed by atoms with E-state index in [0.29, 0.717) is 24.7 Å². The number of amides is 1. The number of halogens is 1. The van der Waals surface area contributed by atoms with Gasteiger partial charge in [-0.15, -0.1) is 0 Å². The molecule has 0 aliphatic carbocycles. The number of nitrogens with zero attached hydrogens (tertiary/aromatic N) is 2. The van der Waals surface area contributed by atoms with Crippen molar-refractivity contribution in [1.82, 2.24) is 9.80 Å². The van der Waals surface area contributed by atoms with Gasteiger partial charge < -0.3 is 10.6 Å². The largest absolute Gasteiger partial charge is 0.399 e. The number of carbonyl (C=O) groups is 1. The maximum atomic E-state index is 13.7. The van der Waals surface area contributed by atoms with Crippen molar-refractivity contribution < 1.29 is 9.18 Å². The highest BCUT2D eigenvalue weighted by Gasteiger charge is 2.24. The van der Waals surface area contributed by atoms with Crippen molar-refractivity contribution in [2.75, 3.05) is 38.5 Å². The number of nitrogen functional groups attached to an aromatic ring is 1. The van der Waals surface area contributed by atoms with E-state index in [1.54, 1.807) is 4.90 Å². The third-order valence-electron chi connectivity index (χ3n) is 3.90. The van der Waals surface area contributed by atoms with Crippen LogP contribution in [0.2, 0.25) is 0 Å². The standard InChI is InChI=1S/C16H24FN3O/c1-12(2)5-6-19-7-9-20(10-8-19)16(21)14-11-13(18)3-4-15(14)17/h3-4,11-12H,5-10,18H2,1-2H3. The van der Waals surface area contributed by atoms with Crippen LogP contribution in [0.3, 0.4) is 0 Å². The van der Waals surface area contributed by atoms with Gasteiger partial charge >= 0.3 is 0 Å². The van der Waals surface area contributed by atoms with Crippen LogP contribution in [0.5, 0.6) is 0 Å². The lowest BCUT2D eigenvalue weighted by Gasteiger charge is -2.35. The summed E-state index contributed by atoms with van der Waals surface area (Å²) in [6, 6.07) is 4.14. The molecule has 0 aromatic heterocycles. The quantitative estimate of drug-likeness (QED) is 0.866. The summed E-state index contributed by atoms with van der Waals surface area (Å²) in [5.41, 5.74) is 6.13.